The second-order valence-corrected chi connectivity index (χ2v) is 4.71. The molecule has 1 aromatic heterocycles. The highest BCUT2D eigenvalue weighted by Gasteiger charge is 2.06. The third-order valence-corrected chi connectivity index (χ3v) is 3.43. The Bertz CT molecular complexity index is 507. The van der Waals surface area contributed by atoms with E-state index in [-0.39, 0.29) is 0 Å². The minimum Gasteiger partial charge on any atom is -0.311 e. The molecule has 1 aromatic carbocycles. The van der Waals surface area contributed by atoms with Gasteiger partial charge >= 0.3 is 0 Å². The summed E-state index contributed by atoms with van der Waals surface area (Å²) in [5.74, 6) is 0. The Morgan fingerprint density at radius 2 is 2.24 bits per heavy atom. The van der Waals surface area contributed by atoms with Crippen molar-refractivity contribution in [3.05, 3.63) is 40.1 Å². The van der Waals surface area contributed by atoms with Gasteiger partial charge in [-0.25, -0.2) is 4.68 Å². The molecule has 1 N–H and O–H groups in total. The summed E-state index contributed by atoms with van der Waals surface area (Å²) in [5.41, 5.74) is 3.29. The molecule has 4 nitrogen and oxygen atoms in total. The Hall–Kier alpha value is -1.20. The Kier molecular flexibility index (Phi) is 3.91. The third-order valence-electron chi connectivity index (χ3n) is 2.58. The molecule has 17 heavy (non-hydrogen) atoms. The van der Waals surface area contributed by atoms with E-state index >= 15 is 0 Å². The van der Waals surface area contributed by atoms with Gasteiger partial charge in [-0.3, -0.25) is 0 Å². The molecule has 0 aliphatic heterocycles. The zero-order valence-corrected chi connectivity index (χ0v) is 11.5. The van der Waals surface area contributed by atoms with Gasteiger partial charge in [0, 0.05) is 11.0 Å². The maximum atomic E-state index is 4.12. The van der Waals surface area contributed by atoms with Gasteiger partial charge in [0.05, 0.1) is 17.6 Å². The van der Waals surface area contributed by atoms with Crippen molar-refractivity contribution in [3.8, 4) is 5.69 Å². The molecule has 0 spiro atoms. The molecule has 0 bridgehead atoms. The maximum absolute atomic E-state index is 4.12. The van der Waals surface area contributed by atoms with Crippen molar-refractivity contribution >= 4 is 15.9 Å². The Morgan fingerprint density at radius 3 is 2.94 bits per heavy atom. The molecule has 2 aromatic rings. The molecule has 0 aliphatic carbocycles. The van der Waals surface area contributed by atoms with E-state index in [1.807, 2.05) is 10.7 Å². The van der Waals surface area contributed by atoms with E-state index in [2.05, 4.69) is 57.5 Å². The monoisotopic (exact) mass is 294 g/mol. The molecule has 0 aliphatic rings. The molecule has 90 valence electrons. The van der Waals surface area contributed by atoms with Gasteiger partial charge in [0.25, 0.3) is 0 Å². The highest BCUT2D eigenvalue weighted by atomic mass is 79.9. The van der Waals surface area contributed by atoms with Crippen molar-refractivity contribution < 1.29 is 0 Å². The average Bonchev–Trinajstić information content (AvgIpc) is 2.78. The van der Waals surface area contributed by atoms with Crippen LogP contribution in [0.15, 0.2) is 28.9 Å². The topological polar surface area (TPSA) is 42.7 Å². The van der Waals surface area contributed by atoms with Crippen LogP contribution in [0.2, 0.25) is 0 Å². The van der Waals surface area contributed by atoms with Gasteiger partial charge in [-0.2, -0.15) is 0 Å². The van der Waals surface area contributed by atoms with Crippen molar-refractivity contribution in [3.63, 3.8) is 0 Å². The average molecular weight is 295 g/mol. The number of benzene rings is 1. The minimum atomic E-state index is 0.773. The standard InChI is InChI=1S/C12H15BrN4/c1-3-14-7-11-8-15-16-17(11)10-5-4-9(2)12(13)6-10/h4-6,8,14H,3,7H2,1-2H3. The molecule has 0 radical (unpaired) electrons. The fraction of sp³-hybridized carbons (Fsp3) is 0.333. The van der Waals surface area contributed by atoms with Crippen LogP contribution in [0.25, 0.3) is 5.69 Å². The summed E-state index contributed by atoms with van der Waals surface area (Å²) in [6.07, 6.45) is 1.79. The number of aryl methyl sites for hydroxylation is 1. The van der Waals surface area contributed by atoms with E-state index < -0.39 is 0 Å². The number of nitrogens with zero attached hydrogens (tertiary/aromatic N) is 3. The van der Waals surface area contributed by atoms with E-state index in [1.165, 1.54) is 5.56 Å². The Morgan fingerprint density at radius 1 is 1.41 bits per heavy atom. The SMILES string of the molecule is CCNCc1cnnn1-c1ccc(C)c(Br)c1. The van der Waals surface area contributed by atoms with Crippen LogP contribution in [0.1, 0.15) is 18.2 Å². The van der Waals surface area contributed by atoms with Crippen molar-refractivity contribution in [2.75, 3.05) is 6.54 Å². The first-order chi connectivity index (χ1) is 8.22. The Balaban J connectivity index is 2.32. The van der Waals surface area contributed by atoms with Crippen molar-refractivity contribution in [1.82, 2.24) is 20.3 Å². The summed E-state index contributed by atoms with van der Waals surface area (Å²) < 4.78 is 2.94. The largest absolute Gasteiger partial charge is 0.311 e. The van der Waals surface area contributed by atoms with Gasteiger partial charge in [-0.15, -0.1) is 5.10 Å². The first kappa shape index (κ1) is 12.3. The first-order valence-electron chi connectivity index (χ1n) is 5.59. The lowest BCUT2D eigenvalue weighted by Gasteiger charge is -2.08. The van der Waals surface area contributed by atoms with Gasteiger partial charge in [0.15, 0.2) is 0 Å². The van der Waals surface area contributed by atoms with Crippen molar-refractivity contribution in [2.24, 2.45) is 0 Å². The van der Waals surface area contributed by atoms with Crippen LogP contribution < -0.4 is 5.32 Å². The maximum Gasteiger partial charge on any atom is 0.0783 e. The van der Waals surface area contributed by atoms with Crippen LogP contribution >= 0.6 is 15.9 Å². The van der Waals surface area contributed by atoms with Crippen molar-refractivity contribution in [2.45, 2.75) is 20.4 Å². The second kappa shape index (κ2) is 5.42. The number of hydrogen-bond acceptors (Lipinski definition) is 3. The van der Waals surface area contributed by atoms with E-state index in [0.29, 0.717) is 0 Å². The summed E-state index contributed by atoms with van der Waals surface area (Å²) in [7, 11) is 0. The van der Waals surface area contributed by atoms with Gasteiger partial charge in [-0.1, -0.05) is 34.1 Å². The van der Waals surface area contributed by atoms with E-state index in [0.717, 1.165) is 28.9 Å². The molecular formula is C12H15BrN4. The fourth-order valence-corrected chi connectivity index (χ4v) is 1.93. The highest BCUT2D eigenvalue weighted by Crippen LogP contribution is 2.20. The predicted octanol–water partition coefficient (Wildman–Crippen LogP) is 2.45. The van der Waals surface area contributed by atoms with E-state index in [4.69, 9.17) is 0 Å². The quantitative estimate of drug-likeness (QED) is 0.942. The highest BCUT2D eigenvalue weighted by molar-refractivity contribution is 9.10. The predicted molar refractivity (Wildman–Crippen MR) is 71.2 cm³/mol. The normalized spacial score (nSPS) is 10.8. The van der Waals surface area contributed by atoms with Crippen LogP contribution in [0.4, 0.5) is 0 Å². The molecule has 1 heterocycles. The molecule has 0 fully saturated rings. The Labute approximate surface area is 109 Å². The van der Waals surface area contributed by atoms with Crippen molar-refractivity contribution in [1.29, 1.82) is 0 Å². The number of halogens is 1. The van der Waals surface area contributed by atoms with Gasteiger partial charge < -0.3 is 5.32 Å². The summed E-state index contributed by atoms with van der Waals surface area (Å²) in [5, 5.41) is 11.4. The van der Waals surface area contributed by atoms with Crippen LogP contribution in [0.3, 0.4) is 0 Å². The van der Waals surface area contributed by atoms with E-state index in [9.17, 15) is 0 Å². The summed E-state index contributed by atoms with van der Waals surface area (Å²) in [6.45, 7) is 5.85. The van der Waals surface area contributed by atoms with Crippen LogP contribution in [0, 0.1) is 6.92 Å². The van der Waals surface area contributed by atoms with E-state index in [1.54, 1.807) is 6.20 Å². The molecule has 0 saturated heterocycles. The number of aromatic nitrogens is 3. The summed E-state index contributed by atoms with van der Waals surface area (Å²) >= 11 is 3.53. The lowest BCUT2D eigenvalue weighted by atomic mass is 10.2. The van der Waals surface area contributed by atoms with Crippen LogP contribution in [-0.4, -0.2) is 21.5 Å². The number of nitrogens with one attached hydrogen (secondary N) is 1. The molecule has 5 heteroatoms. The molecular weight excluding hydrogens is 280 g/mol. The van der Waals surface area contributed by atoms with Crippen LogP contribution in [-0.2, 0) is 6.54 Å². The summed E-state index contributed by atoms with van der Waals surface area (Å²) in [6, 6.07) is 6.17. The molecule has 0 saturated carbocycles. The first-order valence-corrected chi connectivity index (χ1v) is 6.38. The zero-order valence-electron chi connectivity index (χ0n) is 9.94. The second-order valence-electron chi connectivity index (χ2n) is 3.85. The van der Waals surface area contributed by atoms with Crippen LogP contribution in [0.5, 0.6) is 0 Å². The number of rotatable bonds is 4. The molecule has 0 amide bonds. The molecule has 2 rings (SSSR count). The lowest BCUT2D eigenvalue weighted by Crippen LogP contribution is -2.15. The van der Waals surface area contributed by atoms with Gasteiger partial charge in [0.1, 0.15) is 0 Å². The zero-order chi connectivity index (χ0) is 12.3. The smallest absolute Gasteiger partial charge is 0.0783 e. The van der Waals surface area contributed by atoms with Gasteiger partial charge in [-0.05, 0) is 31.2 Å². The molecule has 0 atom stereocenters. The molecule has 0 unspecified atom stereocenters. The van der Waals surface area contributed by atoms with Gasteiger partial charge in [0.2, 0.25) is 0 Å². The number of hydrogen-bond donors (Lipinski definition) is 1. The lowest BCUT2D eigenvalue weighted by molar-refractivity contribution is 0.672. The fourth-order valence-electron chi connectivity index (χ4n) is 1.56. The summed E-state index contributed by atoms with van der Waals surface area (Å²) in [4.78, 5) is 0. The third kappa shape index (κ3) is 2.73. The minimum absolute atomic E-state index is 0.773.